The highest BCUT2D eigenvalue weighted by molar-refractivity contribution is 5.98. The van der Waals surface area contributed by atoms with Gasteiger partial charge in [-0.25, -0.2) is 4.79 Å². The first-order valence-corrected chi connectivity index (χ1v) is 7.59. The van der Waals surface area contributed by atoms with Gasteiger partial charge in [0, 0.05) is 11.8 Å². The number of halogens is 1. The van der Waals surface area contributed by atoms with Gasteiger partial charge in [0.15, 0.2) is 0 Å². The molecule has 1 amide bonds. The first kappa shape index (κ1) is 19.2. The fourth-order valence-corrected chi connectivity index (χ4v) is 2.52. The first-order valence-electron chi connectivity index (χ1n) is 7.59. The molecule has 5 nitrogen and oxygen atoms in total. The van der Waals surface area contributed by atoms with E-state index in [-0.39, 0.29) is 24.3 Å². The number of hydrogen-bond donors (Lipinski definition) is 2. The number of amides is 1. The average molecular weight is 339 g/mol. The molecule has 1 saturated carbocycles. The molecule has 0 saturated heterocycles. The summed E-state index contributed by atoms with van der Waals surface area (Å²) >= 11 is 0. The molecule has 23 heavy (non-hydrogen) atoms. The van der Waals surface area contributed by atoms with Crippen LogP contribution in [0.4, 0.5) is 5.69 Å². The van der Waals surface area contributed by atoms with Crippen LogP contribution in [0.15, 0.2) is 30.3 Å². The van der Waals surface area contributed by atoms with Crippen molar-refractivity contribution in [1.82, 2.24) is 0 Å². The molecule has 0 heterocycles. The molecule has 3 N–H and O–H groups in total. The molecule has 1 fully saturated rings. The Bertz CT molecular complexity index is 564. The number of nitrogens with two attached hydrogens (primary N) is 1. The zero-order chi connectivity index (χ0) is 16.0. The van der Waals surface area contributed by atoms with E-state index in [1.165, 1.54) is 6.08 Å². The Morgan fingerprint density at radius 1 is 1.26 bits per heavy atom. The van der Waals surface area contributed by atoms with Crippen molar-refractivity contribution in [1.29, 1.82) is 0 Å². The van der Waals surface area contributed by atoms with Gasteiger partial charge in [-0.15, -0.1) is 12.4 Å². The van der Waals surface area contributed by atoms with Crippen LogP contribution in [0.2, 0.25) is 0 Å². The van der Waals surface area contributed by atoms with Crippen LogP contribution in [0.25, 0.3) is 6.08 Å². The maximum atomic E-state index is 12.2. The molecule has 1 aliphatic rings. The molecule has 0 atom stereocenters. The summed E-state index contributed by atoms with van der Waals surface area (Å²) in [4.78, 5) is 23.4. The molecule has 126 valence electrons. The lowest BCUT2D eigenvalue weighted by Gasteiger charge is -2.22. The number of carbonyl (C=O) groups excluding carboxylic acids is 2. The van der Waals surface area contributed by atoms with Crippen molar-refractivity contribution >= 4 is 36.0 Å². The lowest BCUT2D eigenvalue weighted by atomic mass is 9.98. The first-order chi connectivity index (χ1) is 10.5. The van der Waals surface area contributed by atoms with Crippen molar-refractivity contribution in [3.05, 3.63) is 35.9 Å². The van der Waals surface area contributed by atoms with Gasteiger partial charge < -0.3 is 15.8 Å². The van der Waals surface area contributed by atoms with Gasteiger partial charge in [0.05, 0.1) is 12.1 Å². The predicted molar refractivity (Wildman–Crippen MR) is 93.4 cm³/mol. The smallest absolute Gasteiger partial charge is 0.330 e. The molecular formula is C17H23ClN2O3. The van der Waals surface area contributed by atoms with Crippen LogP contribution in [0.3, 0.4) is 0 Å². The number of rotatable bonds is 5. The maximum absolute atomic E-state index is 12.2. The summed E-state index contributed by atoms with van der Waals surface area (Å²) in [5.74, 6) is -0.494. The van der Waals surface area contributed by atoms with Crippen LogP contribution in [-0.4, -0.2) is 24.0 Å². The normalized spacial score (nSPS) is 15.9. The number of hydrogen-bond acceptors (Lipinski definition) is 4. The van der Waals surface area contributed by atoms with Crippen LogP contribution in [-0.2, 0) is 14.3 Å². The van der Waals surface area contributed by atoms with Crippen molar-refractivity contribution < 1.29 is 14.3 Å². The van der Waals surface area contributed by atoms with E-state index in [9.17, 15) is 9.59 Å². The maximum Gasteiger partial charge on any atom is 0.330 e. The van der Waals surface area contributed by atoms with E-state index in [4.69, 9.17) is 10.5 Å². The van der Waals surface area contributed by atoms with Gasteiger partial charge in [-0.05, 0) is 43.5 Å². The molecule has 2 rings (SSSR count). The highest BCUT2D eigenvalue weighted by Gasteiger charge is 2.36. The third-order valence-corrected chi connectivity index (χ3v) is 3.82. The van der Waals surface area contributed by atoms with E-state index in [1.807, 2.05) is 12.1 Å². The van der Waals surface area contributed by atoms with E-state index < -0.39 is 5.54 Å². The Balaban J connectivity index is 0.00000264. The Kier molecular flexibility index (Phi) is 7.26. The Labute approximate surface area is 142 Å². The lowest BCUT2D eigenvalue weighted by molar-refractivity contribution is -0.137. The van der Waals surface area contributed by atoms with Crippen molar-refractivity contribution in [2.75, 3.05) is 11.9 Å². The van der Waals surface area contributed by atoms with Crippen LogP contribution < -0.4 is 11.1 Å². The second-order valence-electron chi connectivity index (χ2n) is 5.52. The second kappa shape index (κ2) is 8.70. The summed E-state index contributed by atoms with van der Waals surface area (Å²) in [6.07, 6.45) is 6.52. The molecule has 0 bridgehead atoms. The molecule has 0 unspecified atom stereocenters. The second-order valence-corrected chi connectivity index (χ2v) is 5.52. The van der Waals surface area contributed by atoms with Gasteiger partial charge in [-0.3, -0.25) is 4.79 Å². The van der Waals surface area contributed by atoms with E-state index >= 15 is 0 Å². The van der Waals surface area contributed by atoms with Gasteiger partial charge in [-0.2, -0.15) is 0 Å². The zero-order valence-electron chi connectivity index (χ0n) is 13.2. The fourth-order valence-electron chi connectivity index (χ4n) is 2.52. The third-order valence-electron chi connectivity index (χ3n) is 3.82. The number of carbonyl (C=O) groups is 2. The van der Waals surface area contributed by atoms with Crippen LogP contribution in [0.1, 0.15) is 38.2 Å². The van der Waals surface area contributed by atoms with E-state index in [0.29, 0.717) is 12.3 Å². The van der Waals surface area contributed by atoms with Gasteiger partial charge >= 0.3 is 5.97 Å². The van der Waals surface area contributed by atoms with Gasteiger partial charge in [-0.1, -0.05) is 25.0 Å². The van der Waals surface area contributed by atoms with Gasteiger partial charge in [0.1, 0.15) is 0 Å². The number of benzene rings is 1. The molecule has 0 aromatic heterocycles. The summed E-state index contributed by atoms with van der Waals surface area (Å²) in [6.45, 7) is 2.12. The summed E-state index contributed by atoms with van der Waals surface area (Å²) < 4.78 is 4.81. The minimum Gasteiger partial charge on any atom is -0.463 e. The summed E-state index contributed by atoms with van der Waals surface area (Å²) in [5, 5.41) is 2.86. The molecule has 1 aliphatic carbocycles. The molecular weight excluding hydrogens is 316 g/mol. The molecule has 0 aliphatic heterocycles. The Hall–Kier alpha value is -1.85. The highest BCUT2D eigenvalue weighted by atomic mass is 35.5. The van der Waals surface area contributed by atoms with E-state index in [2.05, 4.69) is 5.32 Å². The Morgan fingerprint density at radius 2 is 1.87 bits per heavy atom. The number of esters is 1. The van der Waals surface area contributed by atoms with Crippen molar-refractivity contribution in [3.63, 3.8) is 0 Å². The number of ether oxygens (including phenoxy) is 1. The molecule has 1 aromatic rings. The van der Waals surface area contributed by atoms with E-state index in [1.54, 1.807) is 25.1 Å². The summed E-state index contributed by atoms with van der Waals surface area (Å²) in [6, 6.07) is 7.23. The molecule has 0 radical (unpaired) electrons. The fraction of sp³-hybridized carbons (Fsp3) is 0.412. The quantitative estimate of drug-likeness (QED) is 0.639. The predicted octanol–water partition coefficient (Wildman–Crippen LogP) is 2.89. The van der Waals surface area contributed by atoms with E-state index in [0.717, 1.165) is 31.2 Å². The molecule has 6 heteroatoms. The zero-order valence-corrected chi connectivity index (χ0v) is 14.0. The van der Waals surface area contributed by atoms with Crippen LogP contribution in [0, 0.1) is 0 Å². The highest BCUT2D eigenvalue weighted by Crippen LogP contribution is 2.28. The average Bonchev–Trinajstić information content (AvgIpc) is 2.95. The third kappa shape index (κ3) is 5.37. The number of nitrogens with one attached hydrogen (secondary N) is 1. The molecule has 0 spiro atoms. The SMILES string of the molecule is CCOC(=O)C=Cc1ccc(NC(=O)C2(N)CCCC2)cc1.Cl. The minimum atomic E-state index is -0.734. The number of anilines is 1. The van der Waals surface area contributed by atoms with Crippen LogP contribution >= 0.6 is 12.4 Å². The van der Waals surface area contributed by atoms with Crippen LogP contribution in [0.5, 0.6) is 0 Å². The van der Waals surface area contributed by atoms with Gasteiger partial charge in [0.25, 0.3) is 0 Å². The lowest BCUT2D eigenvalue weighted by Crippen LogP contribution is -2.48. The summed E-state index contributed by atoms with van der Waals surface area (Å²) in [5.41, 5.74) is 6.94. The van der Waals surface area contributed by atoms with Crippen molar-refractivity contribution in [2.45, 2.75) is 38.1 Å². The topological polar surface area (TPSA) is 81.4 Å². The monoisotopic (exact) mass is 338 g/mol. The summed E-state index contributed by atoms with van der Waals surface area (Å²) in [7, 11) is 0. The molecule has 1 aromatic carbocycles. The van der Waals surface area contributed by atoms with Crippen molar-refractivity contribution in [3.8, 4) is 0 Å². The standard InChI is InChI=1S/C17H22N2O3.ClH/c1-2-22-15(20)10-7-13-5-8-14(9-6-13)19-16(21)17(18)11-3-4-12-17;/h5-10H,2-4,11-12,18H2,1H3,(H,19,21);1H. The van der Waals surface area contributed by atoms with Gasteiger partial charge in [0.2, 0.25) is 5.91 Å². The largest absolute Gasteiger partial charge is 0.463 e. The van der Waals surface area contributed by atoms with Crippen molar-refractivity contribution in [2.24, 2.45) is 5.73 Å². The minimum absolute atomic E-state index is 0. The Morgan fingerprint density at radius 3 is 2.43 bits per heavy atom.